The van der Waals surface area contributed by atoms with Crippen molar-refractivity contribution in [1.82, 2.24) is 4.98 Å². The molecule has 22 heavy (non-hydrogen) atoms. The topological polar surface area (TPSA) is 64.4 Å². The third-order valence-electron chi connectivity index (χ3n) is 3.01. The van der Waals surface area contributed by atoms with E-state index in [1.807, 2.05) is 45.9 Å². The smallest absolute Gasteiger partial charge is 0.293 e. The van der Waals surface area contributed by atoms with Gasteiger partial charge in [-0.2, -0.15) is 0 Å². The van der Waals surface area contributed by atoms with Crippen LogP contribution in [0.25, 0.3) is 0 Å². The standard InChI is InChI=1S/C17H22N2O3/c1-10(2)15-16(22-12(5)18-15)17(20)19-13-8-6-7-9-14(13)21-11(3)4/h6-11H,1-5H3,(H,19,20). The van der Waals surface area contributed by atoms with E-state index in [4.69, 9.17) is 9.15 Å². The minimum absolute atomic E-state index is 0.0248. The fraction of sp³-hybridized carbons (Fsp3) is 0.412. The van der Waals surface area contributed by atoms with Crippen LogP contribution in [0.2, 0.25) is 0 Å². The van der Waals surface area contributed by atoms with Crippen molar-refractivity contribution >= 4 is 11.6 Å². The summed E-state index contributed by atoms with van der Waals surface area (Å²) in [5.74, 6) is 1.17. The largest absolute Gasteiger partial charge is 0.489 e. The van der Waals surface area contributed by atoms with E-state index in [-0.39, 0.29) is 23.7 Å². The molecule has 2 rings (SSSR count). The fourth-order valence-electron chi connectivity index (χ4n) is 2.10. The van der Waals surface area contributed by atoms with Gasteiger partial charge in [0.15, 0.2) is 5.89 Å². The summed E-state index contributed by atoms with van der Waals surface area (Å²) in [6, 6.07) is 7.34. The van der Waals surface area contributed by atoms with Crippen molar-refractivity contribution in [3.8, 4) is 5.75 Å². The summed E-state index contributed by atoms with van der Waals surface area (Å²) in [6.07, 6.45) is 0.0248. The quantitative estimate of drug-likeness (QED) is 0.901. The lowest BCUT2D eigenvalue weighted by Crippen LogP contribution is -2.15. The molecule has 0 aliphatic carbocycles. The lowest BCUT2D eigenvalue weighted by molar-refractivity contribution is 0.0993. The lowest BCUT2D eigenvalue weighted by atomic mass is 10.1. The average Bonchev–Trinajstić information content (AvgIpc) is 2.83. The number of anilines is 1. The van der Waals surface area contributed by atoms with Crippen LogP contribution in [0.4, 0.5) is 5.69 Å². The number of oxazole rings is 1. The Morgan fingerprint density at radius 2 is 1.91 bits per heavy atom. The van der Waals surface area contributed by atoms with Gasteiger partial charge in [0.2, 0.25) is 5.76 Å². The number of carbonyl (C=O) groups is 1. The summed E-state index contributed by atoms with van der Waals surface area (Å²) in [7, 11) is 0. The van der Waals surface area contributed by atoms with Crippen molar-refractivity contribution in [1.29, 1.82) is 0 Å². The van der Waals surface area contributed by atoms with Gasteiger partial charge in [-0.25, -0.2) is 4.98 Å². The highest BCUT2D eigenvalue weighted by molar-refractivity contribution is 6.03. The van der Waals surface area contributed by atoms with Gasteiger partial charge in [0.25, 0.3) is 5.91 Å². The maximum atomic E-state index is 12.5. The van der Waals surface area contributed by atoms with Crippen molar-refractivity contribution in [3.05, 3.63) is 41.6 Å². The molecule has 1 aromatic carbocycles. The van der Waals surface area contributed by atoms with Crippen molar-refractivity contribution in [2.24, 2.45) is 0 Å². The number of para-hydroxylation sites is 2. The number of aromatic nitrogens is 1. The number of hydrogen-bond donors (Lipinski definition) is 1. The van der Waals surface area contributed by atoms with Gasteiger partial charge >= 0.3 is 0 Å². The fourth-order valence-corrected chi connectivity index (χ4v) is 2.10. The number of nitrogens with one attached hydrogen (secondary N) is 1. The third-order valence-corrected chi connectivity index (χ3v) is 3.01. The molecule has 1 aromatic heterocycles. The monoisotopic (exact) mass is 302 g/mol. The van der Waals surface area contributed by atoms with Gasteiger partial charge in [-0.15, -0.1) is 0 Å². The number of aryl methyl sites for hydroxylation is 1. The summed E-state index contributed by atoms with van der Waals surface area (Å²) >= 11 is 0. The molecule has 1 N–H and O–H groups in total. The molecule has 0 fully saturated rings. The van der Waals surface area contributed by atoms with Crippen LogP contribution in [0.15, 0.2) is 28.7 Å². The molecule has 1 amide bonds. The van der Waals surface area contributed by atoms with Crippen molar-refractivity contribution < 1.29 is 13.9 Å². The Kier molecular flexibility index (Phi) is 4.85. The Bertz CT molecular complexity index is 660. The van der Waals surface area contributed by atoms with Gasteiger partial charge in [0.05, 0.1) is 17.5 Å². The summed E-state index contributed by atoms with van der Waals surface area (Å²) in [5, 5.41) is 2.84. The first kappa shape index (κ1) is 16.1. The predicted octanol–water partition coefficient (Wildman–Crippen LogP) is 4.15. The highest BCUT2D eigenvalue weighted by Crippen LogP contribution is 2.27. The minimum Gasteiger partial charge on any atom is -0.489 e. The second-order valence-electron chi connectivity index (χ2n) is 5.72. The van der Waals surface area contributed by atoms with Gasteiger partial charge in [0, 0.05) is 6.92 Å². The van der Waals surface area contributed by atoms with E-state index in [9.17, 15) is 4.79 Å². The number of hydrogen-bond acceptors (Lipinski definition) is 4. The third kappa shape index (κ3) is 3.67. The number of rotatable bonds is 5. The number of amides is 1. The van der Waals surface area contributed by atoms with Crippen LogP contribution in [-0.2, 0) is 0 Å². The molecule has 5 heteroatoms. The molecule has 0 aliphatic rings. The molecule has 0 radical (unpaired) electrons. The average molecular weight is 302 g/mol. The highest BCUT2D eigenvalue weighted by Gasteiger charge is 2.22. The van der Waals surface area contributed by atoms with Crippen LogP contribution in [-0.4, -0.2) is 17.0 Å². The van der Waals surface area contributed by atoms with Gasteiger partial charge in [-0.3, -0.25) is 4.79 Å². The van der Waals surface area contributed by atoms with Crippen LogP contribution < -0.4 is 10.1 Å². The molecule has 1 heterocycles. The molecule has 0 unspecified atom stereocenters. The van der Waals surface area contributed by atoms with E-state index in [2.05, 4.69) is 10.3 Å². The molecule has 0 saturated heterocycles. The number of benzene rings is 1. The number of ether oxygens (including phenoxy) is 1. The zero-order valence-electron chi connectivity index (χ0n) is 13.6. The molecule has 0 spiro atoms. The first-order valence-electron chi connectivity index (χ1n) is 7.42. The Morgan fingerprint density at radius 3 is 2.55 bits per heavy atom. The lowest BCUT2D eigenvalue weighted by Gasteiger charge is -2.14. The Hall–Kier alpha value is -2.30. The Labute approximate surface area is 130 Å². The predicted molar refractivity (Wildman–Crippen MR) is 85.5 cm³/mol. The molecule has 0 atom stereocenters. The maximum Gasteiger partial charge on any atom is 0.293 e. The molecular formula is C17H22N2O3. The summed E-state index contributed by atoms with van der Waals surface area (Å²) < 4.78 is 11.2. The second kappa shape index (κ2) is 6.64. The Morgan fingerprint density at radius 1 is 1.23 bits per heavy atom. The van der Waals surface area contributed by atoms with E-state index < -0.39 is 0 Å². The van der Waals surface area contributed by atoms with Crippen LogP contribution >= 0.6 is 0 Å². The first-order valence-corrected chi connectivity index (χ1v) is 7.42. The summed E-state index contributed by atoms with van der Waals surface area (Å²) in [6.45, 7) is 9.57. The van der Waals surface area contributed by atoms with Crippen molar-refractivity contribution in [2.75, 3.05) is 5.32 Å². The van der Waals surface area contributed by atoms with Gasteiger partial charge in [-0.1, -0.05) is 26.0 Å². The van der Waals surface area contributed by atoms with E-state index in [1.165, 1.54) is 0 Å². The summed E-state index contributed by atoms with van der Waals surface area (Å²) in [5.41, 5.74) is 1.28. The second-order valence-corrected chi connectivity index (χ2v) is 5.72. The van der Waals surface area contributed by atoms with E-state index in [0.29, 0.717) is 23.0 Å². The van der Waals surface area contributed by atoms with Crippen LogP contribution in [0.1, 0.15) is 55.8 Å². The zero-order chi connectivity index (χ0) is 16.3. The van der Waals surface area contributed by atoms with Crippen LogP contribution in [0.3, 0.4) is 0 Å². The SMILES string of the molecule is Cc1nc(C(C)C)c(C(=O)Nc2ccccc2OC(C)C)o1. The van der Waals surface area contributed by atoms with Crippen LogP contribution in [0.5, 0.6) is 5.75 Å². The number of carbonyl (C=O) groups excluding carboxylic acids is 1. The zero-order valence-corrected chi connectivity index (χ0v) is 13.6. The van der Waals surface area contributed by atoms with E-state index in [0.717, 1.165) is 0 Å². The summed E-state index contributed by atoms with van der Waals surface area (Å²) in [4.78, 5) is 16.8. The minimum atomic E-state index is -0.316. The van der Waals surface area contributed by atoms with E-state index in [1.54, 1.807) is 13.0 Å². The normalized spacial score (nSPS) is 11.0. The molecular weight excluding hydrogens is 280 g/mol. The molecule has 0 aliphatic heterocycles. The molecule has 0 saturated carbocycles. The highest BCUT2D eigenvalue weighted by atomic mass is 16.5. The van der Waals surface area contributed by atoms with Gasteiger partial charge < -0.3 is 14.5 Å². The van der Waals surface area contributed by atoms with Crippen LogP contribution in [0, 0.1) is 6.92 Å². The molecule has 5 nitrogen and oxygen atoms in total. The van der Waals surface area contributed by atoms with Gasteiger partial charge in [-0.05, 0) is 31.9 Å². The number of nitrogens with zero attached hydrogens (tertiary/aromatic N) is 1. The van der Waals surface area contributed by atoms with Crippen molar-refractivity contribution in [2.45, 2.75) is 46.6 Å². The van der Waals surface area contributed by atoms with Gasteiger partial charge in [0.1, 0.15) is 5.75 Å². The molecule has 2 aromatic rings. The van der Waals surface area contributed by atoms with Crippen molar-refractivity contribution in [3.63, 3.8) is 0 Å². The molecule has 0 bridgehead atoms. The molecule has 118 valence electrons. The van der Waals surface area contributed by atoms with E-state index >= 15 is 0 Å². The maximum absolute atomic E-state index is 12.5. The Balaban J connectivity index is 2.26. The first-order chi connectivity index (χ1) is 10.4.